The van der Waals surface area contributed by atoms with E-state index in [1.54, 1.807) is 0 Å². The predicted molar refractivity (Wildman–Crippen MR) is 82.4 cm³/mol. The maximum atomic E-state index is 13.0. The third kappa shape index (κ3) is 3.65. The van der Waals surface area contributed by atoms with E-state index in [9.17, 15) is 22.4 Å². The zero-order chi connectivity index (χ0) is 18.0. The van der Waals surface area contributed by atoms with Crippen LogP contribution >= 0.6 is 0 Å². The molecule has 0 aliphatic heterocycles. The first-order valence-corrected chi connectivity index (χ1v) is 7.00. The van der Waals surface area contributed by atoms with Crippen LogP contribution in [-0.2, 0) is 6.18 Å². The lowest BCUT2D eigenvalue weighted by atomic mass is 10.1. The minimum absolute atomic E-state index is 0.0551. The Bertz CT molecular complexity index is 971. The van der Waals surface area contributed by atoms with Crippen LogP contribution in [0.5, 0.6) is 0 Å². The molecule has 9 heteroatoms. The third-order valence-corrected chi connectivity index (χ3v) is 3.32. The Morgan fingerprint density at radius 2 is 1.64 bits per heavy atom. The van der Waals surface area contributed by atoms with Crippen molar-refractivity contribution in [3.8, 4) is 11.3 Å². The van der Waals surface area contributed by atoms with Crippen LogP contribution in [-0.4, -0.2) is 10.2 Å². The van der Waals surface area contributed by atoms with Crippen molar-refractivity contribution >= 4 is 11.4 Å². The largest absolute Gasteiger partial charge is 0.416 e. The number of aromatic nitrogens is 2. The Kier molecular flexibility index (Phi) is 4.22. The highest BCUT2D eigenvalue weighted by atomic mass is 19.4. The molecule has 5 nitrogen and oxygen atoms in total. The van der Waals surface area contributed by atoms with Crippen molar-refractivity contribution in [2.24, 2.45) is 10.2 Å². The number of hydrogen-bond acceptors (Lipinski definition) is 3. The van der Waals surface area contributed by atoms with E-state index in [0.717, 1.165) is 12.1 Å². The molecule has 128 valence electrons. The molecule has 0 bridgehead atoms. The number of hydrogen-bond donors (Lipinski definition) is 2. The number of H-pyrrole nitrogens is 2. The van der Waals surface area contributed by atoms with Crippen LogP contribution in [0.2, 0.25) is 0 Å². The SMILES string of the molecule is O=c1[nH][nH]c(-c2ccc(F)cc2)c1N=Nc1cccc(C(F)(F)F)c1. The summed E-state index contributed by atoms with van der Waals surface area (Å²) in [7, 11) is 0. The van der Waals surface area contributed by atoms with Crippen molar-refractivity contribution in [1.82, 2.24) is 10.2 Å². The number of azo groups is 1. The summed E-state index contributed by atoms with van der Waals surface area (Å²) in [5.41, 5.74) is -0.927. The number of halogens is 4. The summed E-state index contributed by atoms with van der Waals surface area (Å²) in [6, 6.07) is 9.52. The van der Waals surface area contributed by atoms with Gasteiger partial charge in [-0.1, -0.05) is 6.07 Å². The van der Waals surface area contributed by atoms with Gasteiger partial charge in [-0.2, -0.15) is 18.3 Å². The van der Waals surface area contributed by atoms with Gasteiger partial charge in [-0.25, -0.2) is 4.39 Å². The molecule has 0 fully saturated rings. The molecular weight excluding hydrogens is 340 g/mol. The standard InChI is InChI=1S/C16H10F4N4O/c17-11-6-4-9(5-7-11)13-14(15(25)24-22-13)23-21-12-3-1-2-10(8-12)16(18,19)20/h1-8H,(H2,22,24,25). The van der Waals surface area contributed by atoms with E-state index in [1.807, 2.05) is 0 Å². The first-order valence-electron chi connectivity index (χ1n) is 7.00. The van der Waals surface area contributed by atoms with Gasteiger partial charge < -0.3 is 0 Å². The highest BCUT2D eigenvalue weighted by Crippen LogP contribution is 2.32. The van der Waals surface area contributed by atoms with E-state index in [0.29, 0.717) is 5.56 Å². The normalized spacial score (nSPS) is 12.0. The molecule has 25 heavy (non-hydrogen) atoms. The van der Waals surface area contributed by atoms with E-state index in [1.165, 1.54) is 36.4 Å². The Balaban J connectivity index is 1.96. The monoisotopic (exact) mass is 350 g/mol. The maximum absolute atomic E-state index is 13.0. The Hall–Kier alpha value is -3.23. The summed E-state index contributed by atoms with van der Waals surface area (Å²) in [4.78, 5) is 11.8. The van der Waals surface area contributed by atoms with Crippen LogP contribution in [0.3, 0.4) is 0 Å². The maximum Gasteiger partial charge on any atom is 0.416 e. The summed E-state index contributed by atoms with van der Waals surface area (Å²) in [6.45, 7) is 0. The molecule has 0 unspecified atom stereocenters. The summed E-state index contributed by atoms with van der Waals surface area (Å²) < 4.78 is 51.1. The first-order chi connectivity index (χ1) is 11.8. The Labute approximate surface area is 138 Å². The fraction of sp³-hybridized carbons (Fsp3) is 0.0625. The van der Waals surface area contributed by atoms with E-state index >= 15 is 0 Å². The van der Waals surface area contributed by atoms with Gasteiger partial charge in [-0.15, -0.1) is 5.11 Å². The van der Waals surface area contributed by atoms with Gasteiger partial charge in [-0.3, -0.25) is 15.0 Å². The topological polar surface area (TPSA) is 73.4 Å². The van der Waals surface area contributed by atoms with Crippen molar-refractivity contribution in [3.05, 3.63) is 70.3 Å². The van der Waals surface area contributed by atoms with Gasteiger partial charge in [0.15, 0.2) is 5.69 Å². The lowest BCUT2D eigenvalue weighted by Crippen LogP contribution is -2.03. The smallest absolute Gasteiger partial charge is 0.295 e. The van der Waals surface area contributed by atoms with E-state index in [2.05, 4.69) is 20.4 Å². The molecule has 1 heterocycles. The van der Waals surface area contributed by atoms with Crippen molar-refractivity contribution in [2.75, 3.05) is 0 Å². The molecule has 0 spiro atoms. The molecule has 3 rings (SSSR count). The molecule has 1 aromatic heterocycles. The summed E-state index contributed by atoms with van der Waals surface area (Å²) in [5, 5.41) is 12.3. The average Bonchev–Trinajstić information content (AvgIpc) is 2.94. The van der Waals surface area contributed by atoms with Crippen LogP contribution < -0.4 is 5.56 Å². The predicted octanol–water partition coefficient (Wildman–Crippen LogP) is 4.94. The van der Waals surface area contributed by atoms with Crippen molar-refractivity contribution in [2.45, 2.75) is 6.18 Å². The second kappa shape index (κ2) is 6.34. The molecule has 0 aliphatic rings. The van der Waals surface area contributed by atoms with Gasteiger partial charge in [0.25, 0.3) is 5.56 Å². The molecule has 0 radical (unpaired) electrons. The fourth-order valence-corrected chi connectivity index (χ4v) is 2.12. The van der Waals surface area contributed by atoms with E-state index in [-0.39, 0.29) is 17.1 Å². The number of alkyl halides is 3. The van der Waals surface area contributed by atoms with Gasteiger partial charge in [-0.05, 0) is 42.5 Å². The lowest BCUT2D eigenvalue weighted by molar-refractivity contribution is -0.137. The molecule has 0 saturated heterocycles. The molecule has 3 aromatic rings. The van der Waals surface area contributed by atoms with Crippen LogP contribution in [0.15, 0.2) is 63.6 Å². The van der Waals surface area contributed by atoms with Crippen LogP contribution in [0.4, 0.5) is 28.9 Å². The van der Waals surface area contributed by atoms with Gasteiger partial charge in [0.2, 0.25) is 0 Å². The molecule has 0 aliphatic carbocycles. The molecule has 0 atom stereocenters. The van der Waals surface area contributed by atoms with Crippen molar-refractivity contribution < 1.29 is 17.6 Å². The minimum atomic E-state index is -4.50. The van der Waals surface area contributed by atoms with E-state index < -0.39 is 23.1 Å². The molecule has 0 amide bonds. The van der Waals surface area contributed by atoms with Crippen molar-refractivity contribution in [1.29, 1.82) is 0 Å². The van der Waals surface area contributed by atoms with Gasteiger partial charge in [0, 0.05) is 5.56 Å². The van der Waals surface area contributed by atoms with E-state index in [4.69, 9.17) is 0 Å². The highest BCUT2D eigenvalue weighted by Gasteiger charge is 2.30. The van der Waals surface area contributed by atoms with Crippen molar-refractivity contribution in [3.63, 3.8) is 0 Å². The second-order valence-electron chi connectivity index (χ2n) is 5.06. The van der Waals surface area contributed by atoms with Crippen LogP contribution in [0.1, 0.15) is 5.56 Å². The molecule has 2 N–H and O–H groups in total. The molecule has 2 aromatic carbocycles. The minimum Gasteiger partial charge on any atom is -0.295 e. The number of aromatic amines is 2. The quantitative estimate of drug-likeness (QED) is 0.509. The summed E-state index contributed by atoms with van der Waals surface area (Å²) >= 11 is 0. The van der Waals surface area contributed by atoms with Crippen LogP contribution in [0, 0.1) is 5.82 Å². The fourth-order valence-electron chi connectivity index (χ4n) is 2.12. The van der Waals surface area contributed by atoms with Gasteiger partial charge in [0.05, 0.1) is 16.9 Å². The average molecular weight is 350 g/mol. The first kappa shape index (κ1) is 16.6. The Morgan fingerprint density at radius 1 is 0.920 bits per heavy atom. The Morgan fingerprint density at radius 3 is 2.32 bits per heavy atom. The zero-order valence-corrected chi connectivity index (χ0v) is 12.4. The second-order valence-corrected chi connectivity index (χ2v) is 5.06. The number of benzene rings is 2. The summed E-state index contributed by atoms with van der Waals surface area (Å²) in [5.74, 6) is -0.450. The number of nitrogens with one attached hydrogen (secondary N) is 2. The highest BCUT2D eigenvalue weighted by molar-refractivity contribution is 5.71. The molecule has 0 saturated carbocycles. The van der Waals surface area contributed by atoms with Crippen LogP contribution in [0.25, 0.3) is 11.3 Å². The number of nitrogens with zero attached hydrogens (tertiary/aromatic N) is 2. The van der Waals surface area contributed by atoms with Gasteiger partial charge >= 0.3 is 6.18 Å². The summed E-state index contributed by atoms with van der Waals surface area (Å²) in [6.07, 6.45) is -4.50. The number of rotatable bonds is 3. The van der Waals surface area contributed by atoms with Gasteiger partial charge in [0.1, 0.15) is 5.82 Å². The lowest BCUT2D eigenvalue weighted by Gasteiger charge is -2.05. The zero-order valence-electron chi connectivity index (χ0n) is 12.4. The molecular formula is C16H10F4N4O. The third-order valence-electron chi connectivity index (χ3n) is 3.32.